The van der Waals surface area contributed by atoms with Crippen molar-refractivity contribution >= 4 is 11.6 Å². The van der Waals surface area contributed by atoms with E-state index in [1.165, 1.54) is 11.1 Å². The van der Waals surface area contributed by atoms with Gasteiger partial charge in [0, 0.05) is 0 Å². The summed E-state index contributed by atoms with van der Waals surface area (Å²) in [6, 6.07) is 8.32. The van der Waals surface area contributed by atoms with Gasteiger partial charge in [0.1, 0.15) is 0 Å². The van der Waals surface area contributed by atoms with Gasteiger partial charge in [-0.1, -0.05) is 61.2 Å². The van der Waals surface area contributed by atoms with Crippen LogP contribution in [0.4, 0.5) is 0 Å². The van der Waals surface area contributed by atoms with Gasteiger partial charge in [-0.05, 0) is 36.6 Å². The highest BCUT2D eigenvalue weighted by Crippen LogP contribution is 2.14. The van der Waals surface area contributed by atoms with Crippen LogP contribution < -0.4 is 0 Å². The van der Waals surface area contributed by atoms with Crippen LogP contribution in [0.5, 0.6) is 0 Å². The number of benzene rings is 1. The van der Waals surface area contributed by atoms with Crippen molar-refractivity contribution in [1.82, 2.24) is 0 Å². The molecule has 0 saturated carbocycles. The fraction of sp³-hybridized carbons (Fsp3) is 0.125. The van der Waals surface area contributed by atoms with Crippen LogP contribution in [-0.4, -0.2) is 0 Å². The molecule has 0 heterocycles. The molecule has 0 fully saturated rings. The van der Waals surface area contributed by atoms with E-state index in [0.29, 0.717) is 0 Å². The fourth-order valence-electron chi connectivity index (χ4n) is 1.38. The average Bonchev–Trinajstić information content (AvgIpc) is 2.27. The normalized spacial score (nSPS) is 11.1. The molecule has 0 atom stereocenters. The molecule has 0 aliphatic rings. The minimum Gasteiger partial charge on any atom is -0.0955 e. The Labute approximate surface area is 98.3 Å². The lowest BCUT2D eigenvalue weighted by atomic mass is 10.1. The zero-order valence-electron chi connectivity index (χ0n) is 10.0. The molecule has 1 aromatic rings. The van der Waals surface area contributed by atoms with Crippen LogP contribution >= 0.6 is 0 Å². The highest BCUT2D eigenvalue weighted by Gasteiger charge is 1.93. The van der Waals surface area contributed by atoms with E-state index < -0.39 is 0 Å². The molecular weight excluding hydrogens is 192 g/mol. The molecule has 0 aliphatic heterocycles. The van der Waals surface area contributed by atoms with Gasteiger partial charge < -0.3 is 0 Å². The molecule has 0 amide bonds. The third-order valence-electron chi connectivity index (χ3n) is 2.25. The van der Waals surface area contributed by atoms with Gasteiger partial charge in [0.15, 0.2) is 0 Å². The Kier molecular flexibility index (Phi) is 4.53. The largest absolute Gasteiger partial charge is 0.0955 e. The van der Waals surface area contributed by atoms with Crippen molar-refractivity contribution in [2.75, 3.05) is 0 Å². The predicted molar refractivity (Wildman–Crippen MR) is 74.1 cm³/mol. The summed E-state index contributed by atoms with van der Waals surface area (Å²) in [6.45, 7) is 11.9. The molecule has 0 spiro atoms. The third-order valence-corrected chi connectivity index (χ3v) is 2.25. The first kappa shape index (κ1) is 12.3. The molecule has 16 heavy (non-hydrogen) atoms. The first-order valence-electron chi connectivity index (χ1n) is 5.39. The van der Waals surface area contributed by atoms with E-state index in [0.717, 1.165) is 11.1 Å². The molecular formula is C16H18. The van der Waals surface area contributed by atoms with Crippen LogP contribution in [0.15, 0.2) is 61.2 Å². The van der Waals surface area contributed by atoms with Gasteiger partial charge in [0.25, 0.3) is 0 Å². The standard InChI is InChI=1S/C16H18/c1-5-7-14(4)10-11-15-8-6-9-16(12-15)13(2)3/h5-12H,2,4H2,1,3H3/b7-5-,11-10-. The maximum absolute atomic E-state index is 3.94. The van der Waals surface area contributed by atoms with Crippen molar-refractivity contribution in [1.29, 1.82) is 0 Å². The summed E-state index contributed by atoms with van der Waals surface area (Å²) in [7, 11) is 0. The lowest BCUT2D eigenvalue weighted by molar-refractivity contribution is 1.55. The summed E-state index contributed by atoms with van der Waals surface area (Å²) in [5.74, 6) is 0. The molecule has 82 valence electrons. The molecule has 0 saturated heterocycles. The predicted octanol–water partition coefficient (Wildman–Crippen LogP) is 4.87. The SMILES string of the molecule is C=C(/C=C\C)/C=C\c1cccc(C(=C)C)c1. The molecule has 0 heteroatoms. The third kappa shape index (κ3) is 3.74. The Morgan fingerprint density at radius 3 is 2.56 bits per heavy atom. The molecule has 0 radical (unpaired) electrons. The highest BCUT2D eigenvalue weighted by atomic mass is 14.0. The molecule has 0 aliphatic carbocycles. The summed E-state index contributed by atoms with van der Waals surface area (Å²) < 4.78 is 0. The van der Waals surface area contributed by atoms with Crippen molar-refractivity contribution in [3.63, 3.8) is 0 Å². The number of hydrogen-bond acceptors (Lipinski definition) is 0. The van der Waals surface area contributed by atoms with Crippen LogP contribution in [0.1, 0.15) is 25.0 Å². The van der Waals surface area contributed by atoms with Crippen LogP contribution in [0.25, 0.3) is 11.6 Å². The zero-order chi connectivity index (χ0) is 12.0. The maximum Gasteiger partial charge on any atom is -0.0227 e. The Balaban J connectivity index is 2.85. The first-order valence-corrected chi connectivity index (χ1v) is 5.39. The fourth-order valence-corrected chi connectivity index (χ4v) is 1.38. The van der Waals surface area contributed by atoms with Gasteiger partial charge in [0.2, 0.25) is 0 Å². The number of allylic oxidation sites excluding steroid dienone is 5. The van der Waals surface area contributed by atoms with Crippen LogP contribution in [0.3, 0.4) is 0 Å². The zero-order valence-corrected chi connectivity index (χ0v) is 10.0. The van der Waals surface area contributed by atoms with E-state index in [1.807, 2.05) is 38.1 Å². The Morgan fingerprint density at radius 2 is 1.94 bits per heavy atom. The van der Waals surface area contributed by atoms with E-state index in [4.69, 9.17) is 0 Å². The average molecular weight is 210 g/mol. The summed E-state index contributed by atoms with van der Waals surface area (Å²) in [4.78, 5) is 0. The Morgan fingerprint density at radius 1 is 1.19 bits per heavy atom. The molecule has 0 nitrogen and oxygen atoms in total. The van der Waals surface area contributed by atoms with Crippen LogP contribution in [-0.2, 0) is 0 Å². The molecule has 0 unspecified atom stereocenters. The smallest absolute Gasteiger partial charge is 0.0227 e. The van der Waals surface area contributed by atoms with E-state index in [9.17, 15) is 0 Å². The van der Waals surface area contributed by atoms with Crippen LogP contribution in [0, 0.1) is 0 Å². The number of rotatable bonds is 4. The lowest BCUT2D eigenvalue weighted by Gasteiger charge is -2.00. The monoisotopic (exact) mass is 210 g/mol. The van der Waals surface area contributed by atoms with Gasteiger partial charge in [-0.25, -0.2) is 0 Å². The molecule has 0 bridgehead atoms. The maximum atomic E-state index is 3.94. The molecule has 0 aromatic heterocycles. The van der Waals surface area contributed by atoms with Crippen molar-refractivity contribution in [2.45, 2.75) is 13.8 Å². The second-order valence-corrected chi connectivity index (χ2v) is 3.81. The van der Waals surface area contributed by atoms with E-state index in [2.05, 4.69) is 37.4 Å². The topological polar surface area (TPSA) is 0 Å². The van der Waals surface area contributed by atoms with Gasteiger partial charge in [0.05, 0.1) is 0 Å². The summed E-state index contributed by atoms with van der Waals surface area (Å²) in [5, 5.41) is 0. The Bertz CT molecular complexity index is 445. The number of hydrogen-bond donors (Lipinski definition) is 0. The second-order valence-electron chi connectivity index (χ2n) is 3.81. The first-order chi connectivity index (χ1) is 7.63. The molecule has 0 N–H and O–H groups in total. The minimum absolute atomic E-state index is 1.00. The molecule has 1 aromatic carbocycles. The second kappa shape index (κ2) is 5.92. The van der Waals surface area contributed by atoms with Crippen molar-refractivity contribution in [2.24, 2.45) is 0 Å². The van der Waals surface area contributed by atoms with Crippen molar-refractivity contribution in [3.8, 4) is 0 Å². The lowest BCUT2D eigenvalue weighted by Crippen LogP contribution is -1.79. The van der Waals surface area contributed by atoms with Gasteiger partial charge in [-0.2, -0.15) is 0 Å². The van der Waals surface area contributed by atoms with E-state index in [-0.39, 0.29) is 0 Å². The van der Waals surface area contributed by atoms with Gasteiger partial charge in [-0.15, -0.1) is 0 Å². The van der Waals surface area contributed by atoms with E-state index >= 15 is 0 Å². The van der Waals surface area contributed by atoms with Gasteiger partial charge in [-0.3, -0.25) is 0 Å². The quantitative estimate of drug-likeness (QED) is 0.622. The minimum atomic E-state index is 1.00. The molecule has 1 rings (SSSR count). The summed E-state index contributed by atoms with van der Waals surface area (Å²) in [5.41, 5.74) is 4.44. The Hall–Kier alpha value is -1.82. The van der Waals surface area contributed by atoms with Crippen molar-refractivity contribution < 1.29 is 0 Å². The van der Waals surface area contributed by atoms with Crippen molar-refractivity contribution in [3.05, 3.63) is 72.4 Å². The van der Waals surface area contributed by atoms with E-state index in [1.54, 1.807) is 0 Å². The summed E-state index contributed by atoms with van der Waals surface area (Å²) >= 11 is 0. The highest BCUT2D eigenvalue weighted by molar-refractivity contribution is 5.65. The summed E-state index contributed by atoms with van der Waals surface area (Å²) in [6.07, 6.45) is 8.04. The van der Waals surface area contributed by atoms with Gasteiger partial charge >= 0.3 is 0 Å². The van der Waals surface area contributed by atoms with Crippen LogP contribution in [0.2, 0.25) is 0 Å².